The van der Waals surface area contributed by atoms with Crippen LogP contribution in [0.1, 0.15) is 0 Å². The first kappa shape index (κ1) is 13.0. The van der Waals surface area contributed by atoms with Gasteiger partial charge in [0, 0.05) is 0 Å². The molecule has 0 aromatic carbocycles. The van der Waals surface area contributed by atoms with Crippen molar-refractivity contribution in [3.8, 4) is 0 Å². The van der Waals surface area contributed by atoms with Crippen molar-refractivity contribution >= 4 is 36.8 Å². The summed E-state index contributed by atoms with van der Waals surface area (Å²) in [5.41, 5.74) is -0.866. The minimum Gasteiger partial charge on any atom is -0.324 e. The Morgan fingerprint density at radius 3 is 1.25 bits per heavy atom. The fraction of sp³-hybridized carbons (Fsp3) is 1.00. The summed E-state index contributed by atoms with van der Waals surface area (Å²) >= 11 is 0. The largest absolute Gasteiger partial charge is 0.336 e. The molecule has 0 heterocycles. The van der Waals surface area contributed by atoms with Crippen LogP contribution in [0, 0.1) is 0 Å². The van der Waals surface area contributed by atoms with Gasteiger partial charge in [0.05, 0.1) is 0 Å². The van der Waals surface area contributed by atoms with Crippen LogP contribution in [0.5, 0.6) is 0 Å². The third kappa shape index (κ3) is 11.0. The molecule has 0 saturated carbocycles. The summed E-state index contributed by atoms with van der Waals surface area (Å²) in [6.45, 7) is 0. The van der Waals surface area contributed by atoms with E-state index in [0.29, 0.717) is 0 Å². The first-order valence-electron chi connectivity index (χ1n) is 2.54. The summed E-state index contributed by atoms with van der Waals surface area (Å²) in [6.07, 6.45) is 0. The number of rotatable bonds is 5. The van der Waals surface area contributed by atoms with Crippen molar-refractivity contribution < 1.29 is 28.7 Å². The summed E-state index contributed by atoms with van der Waals surface area (Å²) in [7, 11) is -6.62. The lowest BCUT2D eigenvalue weighted by Crippen LogP contribution is -1.82. The Bertz CT molecular complexity index is 194. The number of hydrogen-bond acceptors (Lipinski definition) is 4. The Hall–Kier alpha value is 1.000. The van der Waals surface area contributed by atoms with E-state index in [1.54, 1.807) is 0 Å². The highest BCUT2D eigenvalue weighted by molar-refractivity contribution is 8.78. The molecule has 0 fully saturated rings. The van der Waals surface area contributed by atoms with Crippen LogP contribution in [0.15, 0.2) is 0 Å². The van der Waals surface area contributed by atoms with Gasteiger partial charge >= 0.3 is 15.2 Å². The minimum absolute atomic E-state index is 0.433. The molecule has 12 heavy (non-hydrogen) atoms. The van der Waals surface area contributed by atoms with Crippen molar-refractivity contribution in [2.45, 2.75) is 0 Å². The molecule has 0 bridgehead atoms. The Morgan fingerprint density at radius 1 is 0.833 bits per heavy atom. The van der Waals surface area contributed by atoms with Crippen LogP contribution in [0.2, 0.25) is 0 Å². The van der Waals surface area contributed by atoms with Crippen LogP contribution in [0.3, 0.4) is 0 Å². The van der Waals surface area contributed by atoms with E-state index < -0.39 is 26.2 Å². The van der Waals surface area contributed by atoms with Gasteiger partial charge in [-0.25, -0.2) is 0 Å². The van der Waals surface area contributed by atoms with Gasteiger partial charge in [0.1, 0.15) is 11.0 Å². The Balaban J connectivity index is 3.48. The molecule has 0 spiro atoms. The maximum atomic E-state index is 10.2. The fourth-order valence-corrected chi connectivity index (χ4v) is 5.72. The molecular weight excluding hydrogens is 246 g/mol. The second kappa shape index (κ2) is 5.02. The third-order valence-corrected chi connectivity index (χ3v) is 6.62. The van der Waals surface area contributed by atoms with Gasteiger partial charge < -0.3 is 19.6 Å². The van der Waals surface area contributed by atoms with Gasteiger partial charge in [-0.3, -0.25) is 9.13 Å². The van der Waals surface area contributed by atoms with Gasteiger partial charge in [0.2, 0.25) is 0 Å². The average molecular weight is 254 g/mol. The van der Waals surface area contributed by atoms with E-state index in [1.807, 2.05) is 0 Å². The second-order valence-electron chi connectivity index (χ2n) is 1.82. The minimum atomic E-state index is -4.06. The van der Waals surface area contributed by atoms with Crippen LogP contribution in [-0.2, 0) is 9.13 Å². The van der Waals surface area contributed by atoms with E-state index in [4.69, 9.17) is 19.6 Å². The van der Waals surface area contributed by atoms with Crippen molar-refractivity contribution in [2.24, 2.45) is 0 Å². The lowest BCUT2D eigenvalue weighted by atomic mass is 11.9. The van der Waals surface area contributed by atoms with Gasteiger partial charge in [-0.05, 0) is 0 Å². The van der Waals surface area contributed by atoms with Crippen molar-refractivity contribution in [3.63, 3.8) is 0 Å². The predicted octanol–water partition coefficient (Wildman–Crippen LogP) is 0.638. The topological polar surface area (TPSA) is 115 Å². The molecule has 0 radical (unpaired) electrons. The molecule has 0 aliphatic heterocycles. The average Bonchev–Trinajstić information content (AvgIpc) is 1.76. The van der Waals surface area contributed by atoms with Crippen LogP contribution in [0.4, 0.5) is 0 Å². The molecule has 74 valence electrons. The highest BCUT2D eigenvalue weighted by Crippen LogP contribution is 2.48. The summed E-state index contributed by atoms with van der Waals surface area (Å²) in [6, 6.07) is 0. The zero-order chi connectivity index (χ0) is 9.83. The molecule has 10 heteroatoms. The van der Waals surface area contributed by atoms with Crippen LogP contribution in [0.25, 0.3) is 0 Å². The lowest BCUT2D eigenvalue weighted by molar-refractivity contribution is 0.377. The first-order chi connectivity index (χ1) is 5.21. The normalized spacial score (nSPS) is 13.3. The zero-order valence-electron chi connectivity index (χ0n) is 5.73. The Morgan fingerprint density at radius 2 is 1.08 bits per heavy atom. The molecular formula is C2H8O6P2S2. The van der Waals surface area contributed by atoms with Crippen LogP contribution >= 0.6 is 36.8 Å². The second-order valence-corrected chi connectivity index (χ2v) is 8.43. The van der Waals surface area contributed by atoms with Crippen molar-refractivity contribution in [1.82, 2.24) is 0 Å². The zero-order valence-corrected chi connectivity index (χ0v) is 9.15. The Kier molecular flexibility index (Phi) is 5.44. The molecule has 4 N–H and O–H groups in total. The maximum Gasteiger partial charge on any atom is 0.336 e. The smallest absolute Gasteiger partial charge is 0.324 e. The van der Waals surface area contributed by atoms with Crippen molar-refractivity contribution in [2.75, 3.05) is 11.0 Å². The van der Waals surface area contributed by atoms with E-state index >= 15 is 0 Å². The molecule has 0 aromatic heterocycles. The highest BCUT2D eigenvalue weighted by atomic mass is 33.1. The number of hydrogen-bond donors (Lipinski definition) is 4. The standard InChI is InChI=1S/C2H8O6P2S2/c3-9(4,5)1-11-12-2-10(6,7)8/h1-2H2,(H2,3,4,5)(H2,6,7,8). The van der Waals surface area contributed by atoms with Gasteiger partial charge in [-0.15, -0.1) is 0 Å². The summed E-state index contributed by atoms with van der Waals surface area (Å²) in [5, 5.41) is 0. The monoisotopic (exact) mass is 254 g/mol. The highest BCUT2D eigenvalue weighted by Gasteiger charge is 2.16. The van der Waals surface area contributed by atoms with Crippen molar-refractivity contribution in [3.05, 3.63) is 0 Å². The van der Waals surface area contributed by atoms with E-state index in [0.717, 1.165) is 21.6 Å². The van der Waals surface area contributed by atoms with Crippen LogP contribution < -0.4 is 0 Å². The molecule has 0 saturated heterocycles. The molecule has 0 aliphatic rings. The van der Waals surface area contributed by atoms with E-state index in [9.17, 15) is 9.13 Å². The molecule has 0 amide bonds. The molecule has 0 aromatic rings. The Labute approximate surface area is 76.9 Å². The van der Waals surface area contributed by atoms with Gasteiger partial charge in [-0.2, -0.15) is 0 Å². The molecule has 0 atom stereocenters. The maximum absolute atomic E-state index is 10.2. The molecule has 6 nitrogen and oxygen atoms in total. The fourth-order valence-electron chi connectivity index (χ4n) is 0.212. The SMILES string of the molecule is O=P(O)(O)CSSCP(=O)(O)O. The molecule has 0 aliphatic carbocycles. The van der Waals surface area contributed by atoms with Crippen molar-refractivity contribution in [1.29, 1.82) is 0 Å². The summed E-state index contributed by atoms with van der Waals surface area (Å²) in [5.74, 6) is 0. The lowest BCUT2D eigenvalue weighted by Gasteiger charge is -2.03. The molecule has 0 rings (SSSR count). The van der Waals surface area contributed by atoms with E-state index in [2.05, 4.69) is 0 Å². The molecule has 0 unspecified atom stereocenters. The van der Waals surface area contributed by atoms with Gasteiger partial charge in [-0.1, -0.05) is 21.6 Å². The van der Waals surface area contributed by atoms with E-state index in [-0.39, 0.29) is 0 Å². The van der Waals surface area contributed by atoms with Crippen LogP contribution in [-0.4, -0.2) is 30.6 Å². The summed E-state index contributed by atoms with van der Waals surface area (Å²) < 4.78 is 20.4. The summed E-state index contributed by atoms with van der Waals surface area (Å²) in [4.78, 5) is 33.3. The first-order valence-corrected chi connectivity index (χ1v) is 8.62. The van der Waals surface area contributed by atoms with Gasteiger partial charge in [0.25, 0.3) is 0 Å². The predicted molar refractivity (Wildman–Crippen MR) is 49.0 cm³/mol. The quantitative estimate of drug-likeness (QED) is 0.321. The van der Waals surface area contributed by atoms with Gasteiger partial charge in [0.15, 0.2) is 0 Å². The third-order valence-electron chi connectivity index (χ3n) is 0.525. The van der Waals surface area contributed by atoms with E-state index in [1.165, 1.54) is 0 Å².